The molecule has 1 saturated heterocycles. The van der Waals surface area contributed by atoms with Crippen LogP contribution in [0.15, 0.2) is 133 Å². The van der Waals surface area contributed by atoms with E-state index in [9.17, 15) is 53.9 Å². The number of benzene rings is 3. The third-order valence-electron chi connectivity index (χ3n) is 14.9. The van der Waals surface area contributed by atoms with Crippen LogP contribution < -0.4 is 61.9 Å². The number of Topliss-reactive ketones (excluding diaryl/α,β-unsaturated/α-hetero) is 1. The molecule has 10 aromatic heterocycles. The summed E-state index contributed by atoms with van der Waals surface area (Å²) in [6.45, 7) is 14.2. The number of nitrogen functional groups attached to an aromatic ring is 7. The van der Waals surface area contributed by atoms with Crippen LogP contribution in [0.4, 0.5) is 86.8 Å². The van der Waals surface area contributed by atoms with Crippen LogP contribution in [0, 0.1) is 31.3 Å². The first-order valence-electron chi connectivity index (χ1n) is 33.8. The van der Waals surface area contributed by atoms with Crippen LogP contribution in [0.25, 0.3) is 39.5 Å². The Morgan fingerprint density at radius 3 is 1.40 bits per heavy atom. The molecule has 18 N–H and O–H groups in total. The molecule has 0 amide bonds. The number of nitrogens with two attached hydrogens (primary N) is 7. The minimum absolute atomic E-state index is 0.0329. The lowest BCUT2D eigenvalue weighted by Crippen LogP contribution is -2.41. The number of fused-ring (bicyclic) bond motifs is 3. The molecule has 1 aliphatic heterocycles. The van der Waals surface area contributed by atoms with E-state index in [1.165, 1.54) is 23.6 Å². The third kappa shape index (κ3) is 30.6. The normalized spacial score (nSPS) is 12.3. The molecule has 11 heterocycles. The molecule has 0 atom stereocenters. The lowest BCUT2D eigenvalue weighted by molar-refractivity contribution is -0.201. The second kappa shape index (κ2) is 43.1. The van der Waals surface area contributed by atoms with Gasteiger partial charge in [-0.2, -0.15) is 63.0 Å². The van der Waals surface area contributed by atoms with E-state index >= 15 is 0 Å². The summed E-state index contributed by atoms with van der Waals surface area (Å²) in [5, 5.41) is 32.8. The van der Waals surface area contributed by atoms with Crippen molar-refractivity contribution in [2.75, 3.05) is 51.7 Å². The summed E-state index contributed by atoms with van der Waals surface area (Å²) >= 11 is 29.7. The van der Waals surface area contributed by atoms with Crippen LogP contribution >= 0.6 is 80.6 Å². The Bertz CT molecular complexity index is 5610. The molecule has 1 aliphatic rings. The number of ketones is 1. The largest absolute Gasteiger partial charge is 0.494 e. The summed E-state index contributed by atoms with van der Waals surface area (Å²) < 4.78 is 128. The predicted molar refractivity (Wildman–Crippen MR) is 444 cm³/mol. The van der Waals surface area contributed by atoms with Gasteiger partial charge in [-0.3, -0.25) is 9.59 Å². The van der Waals surface area contributed by atoms with Gasteiger partial charge in [-0.15, -0.1) is 15.3 Å². The number of halogens is 15. The number of pyridine rings is 1. The third-order valence-corrected chi connectivity index (χ3v) is 16.9. The number of hydrogen-bond donors (Lipinski definition) is 11. The fourth-order valence-corrected chi connectivity index (χ4v) is 10.8. The molecule has 13 aromatic rings. The Morgan fingerprint density at radius 1 is 0.529 bits per heavy atom. The number of nitrogens with zero attached hydrogens (tertiary/aromatic N) is 19. The van der Waals surface area contributed by atoms with Crippen molar-refractivity contribution >= 4 is 188 Å². The van der Waals surface area contributed by atoms with Crippen molar-refractivity contribution in [1.29, 1.82) is 0 Å². The number of hydrazine groups is 1. The van der Waals surface area contributed by atoms with Crippen LogP contribution in [0.3, 0.4) is 0 Å². The number of anilines is 8. The lowest BCUT2D eigenvalue weighted by atomic mass is 9.79. The smallest absolute Gasteiger partial charge is 0.423 e. The van der Waals surface area contributed by atoms with Crippen LogP contribution in [0.5, 0.6) is 0 Å². The first-order chi connectivity index (χ1) is 56.3. The molecule has 14 rings (SSSR count). The molecular weight excluding hydrogens is 1830 g/mol. The van der Waals surface area contributed by atoms with E-state index in [-0.39, 0.29) is 55.9 Å². The van der Waals surface area contributed by atoms with Crippen molar-refractivity contribution in [3.63, 3.8) is 0 Å². The molecule has 0 bridgehead atoms. The minimum Gasteiger partial charge on any atom is -0.423 e. The molecule has 36 nitrogen and oxygen atoms in total. The molecule has 0 spiro atoms. The summed E-state index contributed by atoms with van der Waals surface area (Å²) in [7, 11) is -2.16. The average Bonchev–Trinajstić information content (AvgIpc) is 1.60. The van der Waals surface area contributed by atoms with Gasteiger partial charge in [0.15, 0.2) is 16.9 Å². The Labute approximate surface area is 718 Å². The van der Waals surface area contributed by atoms with E-state index in [1.807, 2.05) is 114 Å². The van der Waals surface area contributed by atoms with Gasteiger partial charge in [0, 0.05) is 54.1 Å². The maximum Gasteiger partial charge on any atom is 0.494 e. The summed E-state index contributed by atoms with van der Waals surface area (Å²) in [5.74, 6) is 2.66. The second-order valence-corrected chi connectivity index (χ2v) is 27.9. The van der Waals surface area contributed by atoms with Crippen molar-refractivity contribution < 1.29 is 78.0 Å². The van der Waals surface area contributed by atoms with Crippen molar-refractivity contribution in [1.82, 2.24) is 93.6 Å². The van der Waals surface area contributed by atoms with Gasteiger partial charge < -0.3 is 69.2 Å². The van der Waals surface area contributed by atoms with Crippen molar-refractivity contribution in [3.05, 3.63) is 192 Å². The van der Waals surface area contributed by atoms with Gasteiger partial charge in [0.2, 0.25) is 35.7 Å². The van der Waals surface area contributed by atoms with Gasteiger partial charge in [0.1, 0.15) is 60.6 Å². The quantitative estimate of drug-likeness (QED) is 0.00984. The molecular formula is C68H69B2Cl5F9IN28O8. The van der Waals surface area contributed by atoms with Crippen LogP contribution in [-0.4, -0.2) is 166 Å². The average molecular weight is 1900 g/mol. The lowest BCUT2D eigenvalue weighted by Gasteiger charge is -2.32. The zero-order valence-electron chi connectivity index (χ0n) is 64.1. The van der Waals surface area contributed by atoms with E-state index in [0.29, 0.717) is 69.5 Å². The van der Waals surface area contributed by atoms with E-state index in [4.69, 9.17) is 118 Å². The highest BCUT2D eigenvalue weighted by Crippen LogP contribution is 2.37. The number of aryl methyl sites for hydroxylation is 4. The fraction of sp³-hybridized carbons (Fsp3) is 0.221. The number of nitrogens with one attached hydrogen (secondary N) is 2. The van der Waals surface area contributed by atoms with E-state index in [2.05, 4.69) is 118 Å². The van der Waals surface area contributed by atoms with Gasteiger partial charge in [-0.1, -0.05) is 149 Å². The predicted octanol–water partition coefficient (Wildman–Crippen LogP) is 9.97. The van der Waals surface area contributed by atoms with Gasteiger partial charge in [0.05, 0.1) is 32.7 Å². The Kier molecular flexibility index (Phi) is 34.9. The highest BCUT2D eigenvalue weighted by molar-refractivity contribution is 14.1. The molecule has 640 valence electrons. The van der Waals surface area contributed by atoms with Crippen molar-refractivity contribution in [2.45, 2.75) is 92.0 Å². The molecule has 3 aromatic carbocycles. The first kappa shape index (κ1) is 98.2. The Hall–Kier alpha value is -11.6. The van der Waals surface area contributed by atoms with Gasteiger partial charge in [-0.25, -0.2) is 65.5 Å². The maximum absolute atomic E-state index is 12.8. The number of aromatic nitrogens is 19. The standard InChI is InChI=1S/C13H17BF3NO2.C12H10IN5.C12H11N5.C7H6ClF3N4O.C6H7BO2.C6H6ClN5.C4H3Cl2N3.C4H6ClN5.C4H3F3O3/c1-8-6-9(7-10(18-8)13(15,16)17)14-19-11(2,3)12(4,5)20-14;1-7-15-11-9(13)10(8-5-3-2-4-6-8)16-12(14)18(11)17-7;1-8-14-11-7-10(9-5-3-2-4-6-9)15-12(13)17(11)16-8;8-4-1-5(15-6(12)14-4)13-2-3(16)7(9,10)11;8-7(9)6-4-2-1-3-5-6;1-3-9-5-2-4(7)10-6(8)12(5)11-3;5-2-1-3(6)9-4(7)8-2;5-2-1-3(10-7)9-4(6)8-2;1-2(8)10-3(9)4(5,6)7/h6-7H,1-5H3;2-6H,1H3,(H2,14,16);2-7H,1H3,(H2,13,15);1H,2H2,(H3,12,13,14,15);1-5,8-9H;2H,1H3,(H2,8,10);1H,(H2,7,8,9);1H,7H2,(H3,6,8,9,10);1H3. The number of carbonyl (C=O) groups is 3. The van der Waals surface area contributed by atoms with Crippen molar-refractivity contribution in [2.24, 2.45) is 5.84 Å². The first-order valence-corrected chi connectivity index (χ1v) is 36.7. The van der Waals surface area contributed by atoms with Crippen LogP contribution in [0.2, 0.25) is 25.8 Å². The Balaban J connectivity index is 0.000000214. The van der Waals surface area contributed by atoms with E-state index < -0.39 is 73.9 Å². The zero-order chi connectivity index (χ0) is 90.4. The van der Waals surface area contributed by atoms with Gasteiger partial charge in [-0.05, 0) is 101 Å². The minimum atomic E-state index is -5.09. The SMILES string of the molecule is CC(=O)OC(=O)C(F)(F)F.Cc1cc(B2OC(C)(C)C(C)(C)O2)cc(C(F)(F)F)n1.Cc1nc2c(I)c(-c3ccccc3)nc(N)n2n1.Cc1nc2cc(-c3ccccc3)nc(N)n2n1.Cc1nc2cc(Cl)nc(N)n2n1.NNc1cc(Cl)nc(N)n1.Nc1nc(Cl)cc(Cl)n1.Nc1nc(Cl)cc(NCC(=O)C(F)(F)F)n1.OB(O)c1ccccc1. The number of esters is 2. The molecule has 53 heteroatoms. The van der Waals surface area contributed by atoms with Crippen LogP contribution in [-0.2, 0) is 34.6 Å². The molecule has 1 fully saturated rings. The highest BCUT2D eigenvalue weighted by atomic mass is 127. The van der Waals surface area contributed by atoms with Crippen molar-refractivity contribution in [3.8, 4) is 22.5 Å². The van der Waals surface area contributed by atoms with Gasteiger partial charge in [0.25, 0.3) is 5.78 Å². The summed E-state index contributed by atoms with van der Waals surface area (Å²) in [5.41, 5.74) is 40.0. The Morgan fingerprint density at radius 2 is 0.959 bits per heavy atom. The number of rotatable bonds is 8. The molecule has 0 unspecified atom stereocenters. The topological polar surface area (TPSA) is 545 Å². The van der Waals surface area contributed by atoms with E-state index in [1.54, 1.807) is 52.4 Å². The zero-order valence-corrected chi connectivity index (χ0v) is 70.1. The molecule has 0 saturated carbocycles. The highest BCUT2D eigenvalue weighted by Gasteiger charge is 2.52. The fourth-order valence-electron chi connectivity index (χ4n) is 9.07. The van der Waals surface area contributed by atoms with Gasteiger partial charge >= 0.3 is 44.7 Å². The number of hydrogen-bond acceptors (Lipinski definition) is 33. The number of carbonyl (C=O) groups excluding carboxylic acids is 3. The summed E-state index contributed by atoms with van der Waals surface area (Å²) in [6, 6.07) is 38.5. The summed E-state index contributed by atoms with van der Waals surface area (Å²) in [6.07, 6.45) is -14.5. The van der Waals surface area contributed by atoms with E-state index in [0.717, 1.165) is 43.9 Å². The monoisotopic (exact) mass is 1900 g/mol. The summed E-state index contributed by atoms with van der Waals surface area (Å²) in [4.78, 5) is 80.3. The molecule has 0 aliphatic carbocycles. The second-order valence-electron chi connectivity index (χ2n) is 24.9. The number of ether oxygens (including phenoxy) is 1. The van der Waals surface area contributed by atoms with Crippen LogP contribution in [0.1, 0.15) is 63.5 Å². The maximum atomic E-state index is 12.8. The molecule has 0 radical (unpaired) electrons. The molecule has 121 heavy (non-hydrogen) atoms. The number of alkyl halides is 9.